The standard InChI is InChI=1S/C16H26O2/c1-5-6-13-17-10-9-16(18-13)11-12-7-8-15(16,4)14(12,2)3/h5-6,12-13H,7-11H2,1-4H3. The highest BCUT2D eigenvalue weighted by atomic mass is 16.7. The van der Waals surface area contributed by atoms with Gasteiger partial charge in [-0.15, -0.1) is 0 Å². The molecule has 0 amide bonds. The van der Waals surface area contributed by atoms with E-state index in [1.54, 1.807) is 0 Å². The maximum atomic E-state index is 6.44. The normalized spacial score (nSPS) is 50.4. The molecule has 0 aromatic heterocycles. The second-order valence-electron chi connectivity index (χ2n) is 7.12. The quantitative estimate of drug-likeness (QED) is 0.657. The average molecular weight is 250 g/mol. The third-order valence-corrected chi connectivity index (χ3v) is 6.50. The first-order chi connectivity index (χ1) is 8.45. The van der Waals surface area contributed by atoms with Crippen LogP contribution in [0, 0.1) is 16.7 Å². The molecule has 0 aromatic carbocycles. The van der Waals surface area contributed by atoms with Gasteiger partial charge in [-0.2, -0.15) is 0 Å². The van der Waals surface area contributed by atoms with E-state index >= 15 is 0 Å². The Kier molecular flexibility index (Phi) is 2.70. The van der Waals surface area contributed by atoms with Gasteiger partial charge in [-0.1, -0.05) is 26.8 Å². The molecule has 0 radical (unpaired) electrons. The van der Waals surface area contributed by atoms with Crippen molar-refractivity contribution >= 4 is 0 Å². The second-order valence-corrected chi connectivity index (χ2v) is 7.12. The lowest BCUT2D eigenvalue weighted by Crippen LogP contribution is -2.54. The summed E-state index contributed by atoms with van der Waals surface area (Å²) in [5.41, 5.74) is 0.779. The highest BCUT2D eigenvalue weighted by Gasteiger charge is 2.70. The Balaban J connectivity index is 1.92. The molecular formula is C16H26O2. The van der Waals surface area contributed by atoms with Gasteiger partial charge in [-0.05, 0) is 43.6 Å². The number of hydrogen-bond donors (Lipinski definition) is 0. The summed E-state index contributed by atoms with van der Waals surface area (Å²) >= 11 is 0. The van der Waals surface area contributed by atoms with Crippen LogP contribution in [-0.2, 0) is 9.47 Å². The molecule has 1 aliphatic heterocycles. The molecule has 18 heavy (non-hydrogen) atoms. The first-order valence-electron chi connectivity index (χ1n) is 7.37. The van der Waals surface area contributed by atoms with Crippen LogP contribution in [0.1, 0.15) is 53.4 Å². The Morgan fingerprint density at radius 3 is 2.50 bits per heavy atom. The third-order valence-electron chi connectivity index (χ3n) is 6.50. The summed E-state index contributed by atoms with van der Waals surface area (Å²) in [6, 6.07) is 0. The lowest BCUT2D eigenvalue weighted by Gasteiger charge is -2.51. The molecule has 2 aliphatic carbocycles. The van der Waals surface area contributed by atoms with Crippen molar-refractivity contribution in [2.45, 2.75) is 65.3 Å². The molecule has 1 saturated heterocycles. The van der Waals surface area contributed by atoms with Crippen molar-refractivity contribution in [1.29, 1.82) is 0 Å². The Hall–Kier alpha value is -0.340. The van der Waals surface area contributed by atoms with Crippen molar-refractivity contribution in [3.63, 3.8) is 0 Å². The van der Waals surface area contributed by atoms with Crippen molar-refractivity contribution in [1.82, 2.24) is 0 Å². The van der Waals surface area contributed by atoms with Gasteiger partial charge in [0.05, 0.1) is 12.2 Å². The van der Waals surface area contributed by atoms with E-state index in [-0.39, 0.29) is 11.9 Å². The second kappa shape index (κ2) is 3.83. The largest absolute Gasteiger partial charge is 0.349 e. The van der Waals surface area contributed by atoms with Crippen LogP contribution in [0.3, 0.4) is 0 Å². The van der Waals surface area contributed by atoms with Crippen molar-refractivity contribution in [3.05, 3.63) is 12.2 Å². The van der Waals surface area contributed by atoms with E-state index in [1.807, 2.05) is 19.1 Å². The number of rotatable bonds is 1. The van der Waals surface area contributed by atoms with Crippen molar-refractivity contribution < 1.29 is 9.47 Å². The molecule has 1 spiro atoms. The SMILES string of the molecule is CC=CC1OCCC2(CC3CCC2(C)C3(C)C)O1. The van der Waals surface area contributed by atoms with Crippen LogP contribution >= 0.6 is 0 Å². The molecule has 4 atom stereocenters. The van der Waals surface area contributed by atoms with Gasteiger partial charge in [-0.3, -0.25) is 0 Å². The van der Waals surface area contributed by atoms with Crippen LogP contribution in [0.4, 0.5) is 0 Å². The first kappa shape index (κ1) is 12.7. The van der Waals surface area contributed by atoms with Crippen LogP contribution in [0.15, 0.2) is 12.2 Å². The maximum Gasteiger partial charge on any atom is 0.177 e. The number of ether oxygens (including phenoxy) is 2. The Bertz CT molecular complexity index is 373. The summed E-state index contributed by atoms with van der Waals surface area (Å²) in [5.74, 6) is 0.826. The predicted octanol–water partition coefficient (Wildman–Crippen LogP) is 3.91. The predicted molar refractivity (Wildman–Crippen MR) is 72.2 cm³/mol. The van der Waals surface area contributed by atoms with Gasteiger partial charge in [0.25, 0.3) is 0 Å². The Morgan fingerprint density at radius 1 is 1.17 bits per heavy atom. The number of hydrogen-bond acceptors (Lipinski definition) is 2. The third kappa shape index (κ3) is 1.36. The minimum Gasteiger partial charge on any atom is -0.349 e. The molecule has 3 aliphatic rings. The lowest BCUT2D eigenvalue weighted by atomic mass is 9.63. The van der Waals surface area contributed by atoms with Gasteiger partial charge >= 0.3 is 0 Å². The van der Waals surface area contributed by atoms with E-state index in [4.69, 9.17) is 9.47 Å². The van der Waals surface area contributed by atoms with Gasteiger partial charge in [0.1, 0.15) is 0 Å². The minimum atomic E-state index is -0.129. The summed E-state index contributed by atoms with van der Waals surface area (Å²) < 4.78 is 12.2. The van der Waals surface area contributed by atoms with Gasteiger partial charge < -0.3 is 9.47 Å². The zero-order chi connectivity index (χ0) is 13.0. The summed E-state index contributed by atoms with van der Waals surface area (Å²) in [6.45, 7) is 10.2. The van der Waals surface area contributed by atoms with E-state index in [1.165, 1.54) is 19.3 Å². The molecule has 4 unspecified atom stereocenters. The molecule has 102 valence electrons. The zero-order valence-electron chi connectivity index (χ0n) is 12.2. The van der Waals surface area contributed by atoms with E-state index in [2.05, 4.69) is 20.8 Å². The fourth-order valence-corrected chi connectivity index (χ4v) is 4.86. The molecule has 0 aromatic rings. The highest BCUT2D eigenvalue weighted by molar-refractivity contribution is 5.19. The van der Waals surface area contributed by atoms with Gasteiger partial charge in [0.2, 0.25) is 0 Å². The molecule has 1 heterocycles. The maximum absolute atomic E-state index is 6.44. The number of fused-ring (bicyclic) bond motifs is 3. The van der Waals surface area contributed by atoms with Crippen LogP contribution in [0.5, 0.6) is 0 Å². The van der Waals surface area contributed by atoms with Crippen LogP contribution in [0.25, 0.3) is 0 Å². The van der Waals surface area contributed by atoms with Crippen LogP contribution in [0.2, 0.25) is 0 Å². The summed E-state index contributed by atoms with van der Waals surface area (Å²) in [6.07, 6.45) is 8.94. The number of allylic oxidation sites excluding steroid dienone is 1. The van der Waals surface area contributed by atoms with E-state index in [0.717, 1.165) is 18.9 Å². The smallest absolute Gasteiger partial charge is 0.177 e. The van der Waals surface area contributed by atoms with E-state index in [0.29, 0.717) is 10.8 Å². The van der Waals surface area contributed by atoms with Gasteiger partial charge in [0.15, 0.2) is 6.29 Å². The minimum absolute atomic E-state index is 0.0574. The van der Waals surface area contributed by atoms with Crippen molar-refractivity contribution in [2.75, 3.05) is 6.61 Å². The molecule has 0 N–H and O–H groups in total. The summed E-state index contributed by atoms with van der Waals surface area (Å²) in [7, 11) is 0. The Morgan fingerprint density at radius 2 is 1.94 bits per heavy atom. The first-order valence-corrected chi connectivity index (χ1v) is 7.37. The van der Waals surface area contributed by atoms with Crippen LogP contribution < -0.4 is 0 Å². The molecule has 2 bridgehead atoms. The summed E-state index contributed by atoms with van der Waals surface area (Å²) in [5, 5.41) is 0. The Labute approximate surface area is 111 Å². The van der Waals surface area contributed by atoms with Gasteiger partial charge in [-0.25, -0.2) is 0 Å². The molecule has 2 nitrogen and oxygen atoms in total. The fraction of sp³-hybridized carbons (Fsp3) is 0.875. The molecule has 3 rings (SSSR count). The van der Waals surface area contributed by atoms with Crippen molar-refractivity contribution in [2.24, 2.45) is 16.7 Å². The van der Waals surface area contributed by atoms with Crippen molar-refractivity contribution in [3.8, 4) is 0 Å². The molecule has 3 fully saturated rings. The van der Waals surface area contributed by atoms with Gasteiger partial charge in [0, 0.05) is 11.8 Å². The van der Waals surface area contributed by atoms with E-state index in [9.17, 15) is 0 Å². The highest BCUT2D eigenvalue weighted by Crippen LogP contribution is 2.72. The zero-order valence-corrected chi connectivity index (χ0v) is 12.2. The summed E-state index contributed by atoms with van der Waals surface area (Å²) in [4.78, 5) is 0. The molecule has 2 saturated carbocycles. The topological polar surface area (TPSA) is 18.5 Å². The fourth-order valence-electron chi connectivity index (χ4n) is 4.86. The van der Waals surface area contributed by atoms with E-state index < -0.39 is 0 Å². The molecule has 2 heteroatoms. The monoisotopic (exact) mass is 250 g/mol. The average Bonchev–Trinajstić information content (AvgIpc) is 2.62. The molecular weight excluding hydrogens is 224 g/mol. The lowest BCUT2D eigenvalue weighted by molar-refractivity contribution is -0.274. The van der Waals surface area contributed by atoms with Crippen LogP contribution in [-0.4, -0.2) is 18.5 Å².